The molecule has 2 aromatic heterocycles. The van der Waals surface area contributed by atoms with E-state index in [0.29, 0.717) is 22.3 Å². The van der Waals surface area contributed by atoms with E-state index in [1.807, 2.05) is 51.1 Å². The molecule has 0 bridgehead atoms. The number of fused-ring (bicyclic) bond motifs is 1. The Hall–Kier alpha value is -4.53. The van der Waals surface area contributed by atoms with Gasteiger partial charge in [-0.2, -0.15) is 5.10 Å². The Labute approximate surface area is 202 Å². The van der Waals surface area contributed by atoms with Crippen molar-refractivity contribution in [2.24, 2.45) is 0 Å². The minimum absolute atomic E-state index is 0.0258. The van der Waals surface area contributed by atoms with Crippen molar-refractivity contribution in [3.8, 4) is 11.3 Å². The number of hydrogen-bond donors (Lipinski definition) is 2. The SMILES string of the molecule is Cc1ccc(C(=O)NNC(=O)COC(=O)c2cc(-c3ccccc3)nc3c2cnn3C(C)C)cc1. The van der Waals surface area contributed by atoms with Crippen LogP contribution >= 0.6 is 0 Å². The maximum atomic E-state index is 13.0. The van der Waals surface area contributed by atoms with Gasteiger partial charge in [-0.25, -0.2) is 14.5 Å². The van der Waals surface area contributed by atoms with Crippen molar-refractivity contribution in [2.45, 2.75) is 26.8 Å². The van der Waals surface area contributed by atoms with Crippen LogP contribution < -0.4 is 10.9 Å². The highest BCUT2D eigenvalue weighted by Gasteiger charge is 2.20. The third kappa shape index (κ3) is 5.35. The largest absolute Gasteiger partial charge is 0.452 e. The Morgan fingerprint density at radius 1 is 1.00 bits per heavy atom. The topological polar surface area (TPSA) is 115 Å². The van der Waals surface area contributed by atoms with Gasteiger partial charge in [0.05, 0.1) is 22.8 Å². The predicted octanol–water partition coefficient (Wildman–Crippen LogP) is 3.61. The molecule has 0 aliphatic rings. The summed E-state index contributed by atoms with van der Waals surface area (Å²) in [5, 5.41) is 4.90. The highest BCUT2D eigenvalue weighted by molar-refractivity contribution is 6.04. The van der Waals surface area contributed by atoms with Gasteiger partial charge in [0.15, 0.2) is 12.3 Å². The van der Waals surface area contributed by atoms with Crippen LogP contribution in [-0.2, 0) is 9.53 Å². The summed E-state index contributed by atoms with van der Waals surface area (Å²) in [6.45, 7) is 5.27. The van der Waals surface area contributed by atoms with E-state index in [-0.39, 0.29) is 11.6 Å². The molecule has 0 radical (unpaired) electrons. The van der Waals surface area contributed by atoms with E-state index < -0.39 is 24.4 Å². The van der Waals surface area contributed by atoms with E-state index in [9.17, 15) is 14.4 Å². The number of carbonyl (C=O) groups excluding carboxylic acids is 3. The number of esters is 1. The van der Waals surface area contributed by atoms with Crippen LogP contribution in [0.2, 0.25) is 0 Å². The van der Waals surface area contributed by atoms with E-state index in [2.05, 4.69) is 16.0 Å². The summed E-state index contributed by atoms with van der Waals surface area (Å²) in [7, 11) is 0. The molecule has 0 aliphatic carbocycles. The van der Waals surface area contributed by atoms with Crippen molar-refractivity contribution in [1.29, 1.82) is 0 Å². The van der Waals surface area contributed by atoms with Gasteiger partial charge in [0.1, 0.15) is 0 Å². The maximum Gasteiger partial charge on any atom is 0.339 e. The minimum atomic E-state index is -0.696. The van der Waals surface area contributed by atoms with Crippen LogP contribution in [0.1, 0.15) is 46.2 Å². The third-order valence-corrected chi connectivity index (χ3v) is 5.31. The molecule has 2 amide bonds. The normalized spacial score (nSPS) is 10.9. The van der Waals surface area contributed by atoms with Crippen LogP contribution in [0.5, 0.6) is 0 Å². The van der Waals surface area contributed by atoms with Crippen LogP contribution in [0.3, 0.4) is 0 Å². The molecule has 9 nitrogen and oxygen atoms in total. The standard InChI is InChI=1S/C26H25N5O4/c1-16(2)31-24-21(14-27-31)20(13-22(28-24)18-7-5-4-6-8-18)26(34)35-15-23(32)29-30-25(33)19-11-9-17(3)10-12-19/h4-14,16H,15H2,1-3H3,(H,29,32)(H,30,33). The number of pyridine rings is 1. The second kappa shape index (κ2) is 10.2. The molecule has 0 aliphatic heterocycles. The number of nitrogens with zero attached hydrogens (tertiary/aromatic N) is 3. The van der Waals surface area contributed by atoms with Gasteiger partial charge in [0.25, 0.3) is 11.8 Å². The van der Waals surface area contributed by atoms with Crippen LogP contribution in [-0.4, -0.2) is 39.2 Å². The molecule has 4 rings (SSSR count). The zero-order chi connectivity index (χ0) is 24.9. The number of hydrogen-bond acceptors (Lipinski definition) is 6. The lowest BCUT2D eigenvalue weighted by Gasteiger charge is -2.11. The Kier molecular flexibility index (Phi) is 6.86. The molecule has 2 aromatic carbocycles. The fourth-order valence-corrected chi connectivity index (χ4v) is 3.47. The first-order chi connectivity index (χ1) is 16.8. The van der Waals surface area contributed by atoms with Crippen molar-refractivity contribution in [3.05, 3.63) is 83.6 Å². The Morgan fingerprint density at radius 3 is 2.40 bits per heavy atom. The van der Waals surface area contributed by atoms with E-state index in [0.717, 1.165) is 11.1 Å². The van der Waals surface area contributed by atoms with E-state index in [1.165, 1.54) is 0 Å². The second-order valence-corrected chi connectivity index (χ2v) is 8.29. The van der Waals surface area contributed by atoms with Crippen LogP contribution in [0, 0.1) is 6.92 Å². The highest BCUT2D eigenvalue weighted by atomic mass is 16.5. The van der Waals surface area contributed by atoms with Gasteiger partial charge < -0.3 is 4.74 Å². The molecule has 0 atom stereocenters. The molecule has 0 fully saturated rings. The van der Waals surface area contributed by atoms with Gasteiger partial charge in [0.2, 0.25) is 0 Å². The van der Waals surface area contributed by atoms with Gasteiger partial charge in [-0.1, -0.05) is 48.0 Å². The lowest BCUT2D eigenvalue weighted by Crippen LogP contribution is -2.43. The number of aryl methyl sites for hydroxylation is 1. The van der Waals surface area contributed by atoms with E-state index >= 15 is 0 Å². The minimum Gasteiger partial charge on any atom is -0.452 e. The Bertz CT molecular complexity index is 1380. The molecule has 35 heavy (non-hydrogen) atoms. The lowest BCUT2D eigenvalue weighted by molar-refractivity contribution is -0.125. The number of aromatic nitrogens is 3. The predicted molar refractivity (Wildman–Crippen MR) is 130 cm³/mol. The Morgan fingerprint density at radius 2 is 1.71 bits per heavy atom. The Balaban J connectivity index is 1.48. The van der Waals surface area contributed by atoms with Crippen molar-refractivity contribution < 1.29 is 19.1 Å². The number of carbonyl (C=O) groups is 3. The molecule has 0 unspecified atom stereocenters. The fraction of sp³-hybridized carbons (Fsp3) is 0.192. The van der Waals surface area contributed by atoms with Crippen molar-refractivity contribution in [3.63, 3.8) is 0 Å². The molecule has 0 spiro atoms. The number of nitrogens with one attached hydrogen (secondary N) is 2. The zero-order valence-corrected chi connectivity index (χ0v) is 19.6. The summed E-state index contributed by atoms with van der Waals surface area (Å²) in [6, 6.07) is 18.0. The highest BCUT2D eigenvalue weighted by Crippen LogP contribution is 2.26. The van der Waals surface area contributed by atoms with Gasteiger partial charge in [0, 0.05) is 17.2 Å². The zero-order valence-electron chi connectivity index (χ0n) is 19.6. The maximum absolute atomic E-state index is 13.0. The van der Waals surface area contributed by atoms with Gasteiger partial charge >= 0.3 is 5.97 Å². The molecular weight excluding hydrogens is 446 g/mol. The van der Waals surface area contributed by atoms with Crippen molar-refractivity contribution >= 4 is 28.8 Å². The van der Waals surface area contributed by atoms with E-state index in [4.69, 9.17) is 9.72 Å². The molecular formula is C26H25N5O4. The summed E-state index contributed by atoms with van der Waals surface area (Å²) >= 11 is 0. The van der Waals surface area contributed by atoms with Gasteiger partial charge in [-0.15, -0.1) is 0 Å². The fourth-order valence-electron chi connectivity index (χ4n) is 3.47. The van der Waals surface area contributed by atoms with Gasteiger partial charge in [-0.05, 0) is 39.0 Å². The van der Waals surface area contributed by atoms with Crippen molar-refractivity contribution in [1.82, 2.24) is 25.6 Å². The summed E-state index contributed by atoms with van der Waals surface area (Å²) in [5.41, 5.74) is 8.17. The first-order valence-electron chi connectivity index (χ1n) is 11.1. The molecule has 9 heteroatoms. The summed E-state index contributed by atoms with van der Waals surface area (Å²) in [5.74, 6) is -1.85. The molecule has 4 aromatic rings. The van der Waals surface area contributed by atoms with Crippen LogP contribution in [0.25, 0.3) is 22.3 Å². The quantitative estimate of drug-likeness (QED) is 0.328. The number of ether oxygens (including phenoxy) is 1. The van der Waals surface area contributed by atoms with Crippen LogP contribution in [0.4, 0.5) is 0 Å². The molecule has 178 valence electrons. The summed E-state index contributed by atoms with van der Waals surface area (Å²) in [6.07, 6.45) is 1.57. The molecule has 2 N–H and O–H groups in total. The third-order valence-electron chi connectivity index (χ3n) is 5.31. The average molecular weight is 472 g/mol. The smallest absolute Gasteiger partial charge is 0.339 e. The number of amides is 2. The first-order valence-corrected chi connectivity index (χ1v) is 11.1. The average Bonchev–Trinajstić information content (AvgIpc) is 3.30. The number of hydrazine groups is 1. The molecule has 2 heterocycles. The number of benzene rings is 2. The lowest BCUT2D eigenvalue weighted by atomic mass is 10.1. The molecule has 0 saturated heterocycles. The monoisotopic (exact) mass is 471 g/mol. The summed E-state index contributed by atoms with van der Waals surface area (Å²) in [4.78, 5) is 42.0. The number of rotatable bonds is 6. The summed E-state index contributed by atoms with van der Waals surface area (Å²) < 4.78 is 6.97. The van der Waals surface area contributed by atoms with Crippen LogP contribution in [0.15, 0.2) is 66.9 Å². The van der Waals surface area contributed by atoms with Crippen molar-refractivity contribution in [2.75, 3.05) is 6.61 Å². The first kappa shape index (κ1) is 23.6. The van der Waals surface area contributed by atoms with Gasteiger partial charge in [-0.3, -0.25) is 20.4 Å². The van der Waals surface area contributed by atoms with E-state index in [1.54, 1.807) is 41.2 Å². The second-order valence-electron chi connectivity index (χ2n) is 8.29. The molecule has 0 saturated carbocycles.